The Morgan fingerprint density at radius 1 is 1.62 bits per heavy atom. The molecule has 0 amide bonds. The molecule has 0 aromatic carbocycles. The van der Waals surface area contributed by atoms with Gasteiger partial charge in [0.15, 0.2) is 0 Å². The SMILES string of the molecule is NC(N)=[NH+]CC(=O)[O-]. The van der Waals surface area contributed by atoms with Gasteiger partial charge in [0, 0.05) is 0 Å². The Morgan fingerprint density at radius 2 is 2.12 bits per heavy atom. The van der Waals surface area contributed by atoms with E-state index in [0.717, 1.165) is 0 Å². The first-order valence-corrected chi connectivity index (χ1v) is 1.94. The van der Waals surface area contributed by atoms with Crippen LogP contribution in [0.3, 0.4) is 0 Å². The summed E-state index contributed by atoms with van der Waals surface area (Å²) in [5.41, 5.74) is 9.67. The number of nitrogens with one attached hydrogen (secondary N) is 1. The van der Waals surface area contributed by atoms with Crippen molar-refractivity contribution in [1.82, 2.24) is 0 Å². The van der Waals surface area contributed by atoms with Crippen molar-refractivity contribution in [2.45, 2.75) is 0 Å². The average molecular weight is 117 g/mol. The van der Waals surface area contributed by atoms with E-state index in [2.05, 4.69) is 4.99 Å². The Bertz CT molecular complexity index is 116. The van der Waals surface area contributed by atoms with Crippen LogP contribution in [-0.2, 0) is 4.79 Å². The van der Waals surface area contributed by atoms with Gasteiger partial charge in [0.2, 0.25) is 0 Å². The lowest BCUT2D eigenvalue weighted by Gasteiger charge is -1.91. The monoisotopic (exact) mass is 117 g/mol. The smallest absolute Gasteiger partial charge is 0.339 e. The van der Waals surface area contributed by atoms with Crippen LogP contribution in [0.1, 0.15) is 0 Å². The second kappa shape index (κ2) is 2.84. The van der Waals surface area contributed by atoms with Crippen molar-refractivity contribution in [3.63, 3.8) is 0 Å². The van der Waals surface area contributed by atoms with Crippen molar-refractivity contribution in [3.8, 4) is 0 Å². The standard InChI is InChI=1S/C3H7N3O2/c4-3(5)6-1-2(7)8/h1H2,(H,7,8)(H4,4,5,6). The largest absolute Gasteiger partial charge is 0.547 e. The molecule has 5 N–H and O–H groups in total. The molecule has 0 heterocycles. The third-order valence-electron chi connectivity index (χ3n) is 0.437. The molecule has 0 saturated heterocycles. The quantitative estimate of drug-likeness (QED) is 0.249. The number of nitrogens with two attached hydrogens (primary N) is 2. The predicted molar refractivity (Wildman–Crippen MR) is 24.2 cm³/mol. The number of carboxylic acids is 1. The molecule has 5 heteroatoms. The van der Waals surface area contributed by atoms with Crippen molar-refractivity contribution in [2.75, 3.05) is 6.54 Å². The molecule has 0 aliphatic rings. The zero-order chi connectivity index (χ0) is 6.57. The topological polar surface area (TPSA) is 106 Å². The van der Waals surface area contributed by atoms with E-state index in [0.29, 0.717) is 0 Å². The van der Waals surface area contributed by atoms with Crippen LogP contribution in [0, 0.1) is 0 Å². The molecule has 0 unspecified atom stereocenters. The number of carbonyl (C=O) groups is 1. The van der Waals surface area contributed by atoms with E-state index in [4.69, 9.17) is 11.5 Å². The zero-order valence-corrected chi connectivity index (χ0v) is 4.18. The lowest BCUT2D eigenvalue weighted by Crippen LogP contribution is -2.80. The number of carbonyl (C=O) groups excluding carboxylic acids is 1. The van der Waals surface area contributed by atoms with Gasteiger partial charge in [-0.3, -0.25) is 16.5 Å². The molecule has 0 aromatic rings. The van der Waals surface area contributed by atoms with E-state index in [-0.39, 0.29) is 12.5 Å². The molecule has 0 rings (SSSR count). The van der Waals surface area contributed by atoms with Gasteiger partial charge in [-0.25, -0.2) is 0 Å². The molecule has 0 atom stereocenters. The molecule has 0 aromatic heterocycles. The lowest BCUT2D eigenvalue weighted by molar-refractivity contribution is -0.466. The third-order valence-corrected chi connectivity index (χ3v) is 0.437. The van der Waals surface area contributed by atoms with E-state index >= 15 is 0 Å². The van der Waals surface area contributed by atoms with Gasteiger partial charge in [-0.15, -0.1) is 0 Å². The van der Waals surface area contributed by atoms with Gasteiger partial charge in [0.25, 0.3) is 0 Å². The first kappa shape index (κ1) is 6.74. The van der Waals surface area contributed by atoms with Crippen LogP contribution in [0.4, 0.5) is 0 Å². The summed E-state index contributed by atoms with van der Waals surface area (Å²) >= 11 is 0. The number of aliphatic carboxylic acids is 1. The maximum Gasteiger partial charge on any atom is 0.339 e. The fourth-order valence-electron chi connectivity index (χ4n) is 0.174. The van der Waals surface area contributed by atoms with Crippen LogP contribution in [0.15, 0.2) is 0 Å². The van der Waals surface area contributed by atoms with Crippen molar-refractivity contribution in [2.24, 2.45) is 11.5 Å². The maximum atomic E-state index is 9.61. The van der Waals surface area contributed by atoms with Gasteiger partial charge >= 0.3 is 5.96 Å². The highest BCUT2D eigenvalue weighted by Gasteiger charge is 1.83. The molecule has 0 radical (unpaired) electrons. The van der Waals surface area contributed by atoms with Gasteiger partial charge in [-0.1, -0.05) is 0 Å². The molecule has 0 saturated carbocycles. The van der Waals surface area contributed by atoms with E-state index in [1.165, 1.54) is 0 Å². The molecule has 8 heavy (non-hydrogen) atoms. The molecular formula is C3H7N3O2. The lowest BCUT2D eigenvalue weighted by atomic mass is 10.7. The van der Waals surface area contributed by atoms with E-state index < -0.39 is 5.97 Å². The van der Waals surface area contributed by atoms with Crippen LogP contribution in [0.2, 0.25) is 0 Å². The van der Waals surface area contributed by atoms with Gasteiger partial charge in [-0.05, 0) is 0 Å². The maximum absolute atomic E-state index is 9.61. The summed E-state index contributed by atoms with van der Waals surface area (Å²) in [6.07, 6.45) is 0. The van der Waals surface area contributed by atoms with E-state index in [9.17, 15) is 9.90 Å². The Kier molecular flexibility index (Phi) is 2.39. The first-order chi connectivity index (χ1) is 3.63. The molecular weight excluding hydrogens is 110 g/mol. The molecule has 0 bridgehead atoms. The summed E-state index contributed by atoms with van der Waals surface area (Å²) < 4.78 is 0. The Balaban J connectivity index is 3.45. The average Bonchev–Trinajstić information content (AvgIpc) is 1.61. The fourth-order valence-corrected chi connectivity index (χ4v) is 0.174. The summed E-state index contributed by atoms with van der Waals surface area (Å²) in [7, 11) is 0. The Morgan fingerprint density at radius 3 is 2.25 bits per heavy atom. The van der Waals surface area contributed by atoms with Gasteiger partial charge in [0.1, 0.15) is 6.54 Å². The highest BCUT2D eigenvalue weighted by Crippen LogP contribution is 1.32. The van der Waals surface area contributed by atoms with Crippen molar-refractivity contribution >= 4 is 11.9 Å². The van der Waals surface area contributed by atoms with E-state index in [1.807, 2.05) is 0 Å². The normalized spacial score (nSPS) is 8.00. The predicted octanol–water partition coefficient (Wildman–Crippen LogP) is -4.91. The number of hydrogen-bond acceptors (Lipinski definition) is 2. The minimum Gasteiger partial charge on any atom is -0.547 e. The molecule has 46 valence electrons. The van der Waals surface area contributed by atoms with Gasteiger partial charge in [-0.2, -0.15) is 0 Å². The number of carboxylic acid groups (broad SMARTS) is 1. The molecule has 0 spiro atoms. The Labute approximate surface area is 46.0 Å². The highest BCUT2D eigenvalue weighted by atomic mass is 16.4. The van der Waals surface area contributed by atoms with Crippen LogP contribution in [0.25, 0.3) is 0 Å². The second-order valence-corrected chi connectivity index (χ2v) is 1.18. The highest BCUT2D eigenvalue weighted by molar-refractivity contribution is 5.71. The minimum absolute atomic E-state index is 0.116. The number of hydrogen-bond donors (Lipinski definition) is 3. The zero-order valence-electron chi connectivity index (χ0n) is 4.18. The van der Waals surface area contributed by atoms with Crippen molar-refractivity contribution in [1.29, 1.82) is 0 Å². The van der Waals surface area contributed by atoms with Crippen molar-refractivity contribution < 1.29 is 14.9 Å². The van der Waals surface area contributed by atoms with Crippen molar-refractivity contribution in [3.05, 3.63) is 0 Å². The summed E-state index contributed by atoms with van der Waals surface area (Å²) in [6.45, 7) is -0.345. The van der Waals surface area contributed by atoms with Gasteiger partial charge in [0.05, 0.1) is 5.97 Å². The summed E-state index contributed by atoms with van der Waals surface area (Å²) in [6, 6.07) is 0. The van der Waals surface area contributed by atoms with Crippen LogP contribution in [-0.4, -0.2) is 18.5 Å². The molecule has 0 aliphatic heterocycles. The third kappa shape index (κ3) is 4.74. The van der Waals surface area contributed by atoms with Crippen LogP contribution < -0.4 is 21.6 Å². The minimum atomic E-state index is -1.24. The van der Waals surface area contributed by atoms with Crippen LogP contribution in [0.5, 0.6) is 0 Å². The van der Waals surface area contributed by atoms with Gasteiger partial charge < -0.3 is 9.90 Å². The van der Waals surface area contributed by atoms with Crippen LogP contribution >= 0.6 is 0 Å². The molecule has 0 aliphatic carbocycles. The second-order valence-electron chi connectivity index (χ2n) is 1.18. The molecule has 0 fully saturated rings. The summed E-state index contributed by atoms with van der Waals surface area (Å²) in [4.78, 5) is 11.8. The Hall–Kier alpha value is -1.26. The summed E-state index contributed by atoms with van der Waals surface area (Å²) in [5, 5.41) is 9.61. The molecule has 5 nitrogen and oxygen atoms in total. The van der Waals surface area contributed by atoms with E-state index in [1.54, 1.807) is 0 Å². The summed E-state index contributed by atoms with van der Waals surface area (Å²) in [5.74, 6) is -1.35. The number of guanidine groups is 1. The fraction of sp³-hybridized carbons (Fsp3) is 0.333. The number of rotatable bonds is 2. The first-order valence-electron chi connectivity index (χ1n) is 1.94.